The van der Waals surface area contributed by atoms with Crippen LogP contribution >= 0.6 is 11.6 Å². The van der Waals surface area contributed by atoms with Gasteiger partial charge in [0.15, 0.2) is 0 Å². The van der Waals surface area contributed by atoms with E-state index in [1.54, 1.807) is 0 Å². The van der Waals surface area contributed by atoms with E-state index in [2.05, 4.69) is 54.7 Å². The molecular formula is C24H26ClNO. The van der Waals surface area contributed by atoms with Crippen LogP contribution in [0.25, 0.3) is 0 Å². The number of halogens is 1. The summed E-state index contributed by atoms with van der Waals surface area (Å²) in [5.74, 6) is 0.920. The van der Waals surface area contributed by atoms with E-state index in [1.807, 2.05) is 36.4 Å². The first-order valence-electron chi connectivity index (χ1n) is 9.49. The third-order valence-corrected chi connectivity index (χ3v) is 4.85. The summed E-state index contributed by atoms with van der Waals surface area (Å²) in [7, 11) is 0. The highest BCUT2D eigenvalue weighted by atomic mass is 35.5. The minimum absolute atomic E-state index is 0.348. The van der Waals surface area contributed by atoms with Crippen LogP contribution in [0.2, 0.25) is 5.02 Å². The van der Waals surface area contributed by atoms with Crippen molar-refractivity contribution < 1.29 is 4.74 Å². The topological polar surface area (TPSA) is 21.3 Å². The number of nitrogens with one attached hydrogen (secondary N) is 1. The zero-order valence-electron chi connectivity index (χ0n) is 15.7. The normalized spacial score (nSPS) is 11.9. The van der Waals surface area contributed by atoms with E-state index in [9.17, 15) is 0 Å². The lowest BCUT2D eigenvalue weighted by molar-refractivity contribution is 0.301. The van der Waals surface area contributed by atoms with Gasteiger partial charge in [-0.2, -0.15) is 0 Å². The molecule has 0 aliphatic carbocycles. The molecule has 3 aromatic carbocycles. The summed E-state index contributed by atoms with van der Waals surface area (Å²) in [6.45, 7) is 3.53. The highest BCUT2D eigenvalue weighted by Crippen LogP contribution is 2.23. The molecule has 3 aromatic rings. The lowest BCUT2D eigenvalue weighted by Gasteiger charge is -2.20. The number of rotatable bonds is 9. The third-order valence-electron chi connectivity index (χ3n) is 4.60. The lowest BCUT2D eigenvalue weighted by atomic mass is 10.0. The summed E-state index contributed by atoms with van der Waals surface area (Å²) < 4.78 is 6.08. The molecule has 0 saturated heterocycles. The van der Waals surface area contributed by atoms with Gasteiger partial charge in [0.25, 0.3) is 0 Å². The van der Waals surface area contributed by atoms with Gasteiger partial charge in [-0.25, -0.2) is 0 Å². The molecule has 1 unspecified atom stereocenters. The van der Waals surface area contributed by atoms with Crippen molar-refractivity contribution in [1.82, 2.24) is 5.32 Å². The summed E-state index contributed by atoms with van der Waals surface area (Å²) in [6, 6.07) is 27.0. The van der Waals surface area contributed by atoms with Gasteiger partial charge in [-0.05, 0) is 35.7 Å². The Morgan fingerprint density at radius 3 is 2.33 bits per heavy atom. The predicted octanol–water partition coefficient (Wildman–Crippen LogP) is 6.55. The van der Waals surface area contributed by atoms with Crippen molar-refractivity contribution in [2.75, 3.05) is 0 Å². The number of para-hydroxylation sites is 1. The van der Waals surface area contributed by atoms with E-state index < -0.39 is 0 Å². The lowest BCUT2D eigenvalue weighted by Crippen LogP contribution is -2.21. The van der Waals surface area contributed by atoms with Crippen LogP contribution in [0.4, 0.5) is 0 Å². The molecule has 3 heteroatoms. The van der Waals surface area contributed by atoms with Crippen molar-refractivity contribution in [1.29, 1.82) is 0 Å². The van der Waals surface area contributed by atoms with Crippen LogP contribution in [0.15, 0.2) is 78.9 Å². The van der Waals surface area contributed by atoms with E-state index in [-0.39, 0.29) is 0 Å². The van der Waals surface area contributed by atoms with Crippen molar-refractivity contribution in [3.05, 3.63) is 101 Å². The Morgan fingerprint density at radius 2 is 1.59 bits per heavy atom. The molecule has 0 aliphatic heterocycles. The fraction of sp³-hybridized carbons (Fsp3) is 0.250. The van der Waals surface area contributed by atoms with Crippen LogP contribution in [0.5, 0.6) is 5.75 Å². The van der Waals surface area contributed by atoms with Crippen LogP contribution in [0.3, 0.4) is 0 Å². The minimum Gasteiger partial charge on any atom is -0.489 e. The second-order valence-electron chi connectivity index (χ2n) is 6.66. The first-order chi connectivity index (χ1) is 13.3. The van der Waals surface area contributed by atoms with Crippen LogP contribution in [0.1, 0.15) is 42.5 Å². The molecule has 140 valence electrons. The monoisotopic (exact) mass is 379 g/mol. The second-order valence-corrected chi connectivity index (χ2v) is 7.09. The summed E-state index contributed by atoms with van der Waals surface area (Å²) >= 11 is 5.95. The molecule has 3 rings (SSSR count). The van der Waals surface area contributed by atoms with Crippen LogP contribution in [0, 0.1) is 0 Å². The van der Waals surface area contributed by atoms with E-state index in [4.69, 9.17) is 16.3 Å². The largest absolute Gasteiger partial charge is 0.489 e. The minimum atomic E-state index is 0.348. The average Bonchev–Trinajstić information content (AvgIpc) is 2.72. The molecule has 0 amide bonds. The zero-order chi connectivity index (χ0) is 18.9. The van der Waals surface area contributed by atoms with E-state index >= 15 is 0 Å². The molecule has 0 heterocycles. The molecule has 0 aliphatic rings. The maximum absolute atomic E-state index is 6.08. The first-order valence-corrected chi connectivity index (χ1v) is 9.87. The maximum atomic E-state index is 6.08. The molecular weight excluding hydrogens is 354 g/mol. The molecule has 0 bridgehead atoms. The summed E-state index contributed by atoms with van der Waals surface area (Å²) in [5.41, 5.74) is 3.61. The standard InChI is InChI=1S/C24H26ClNO/c1-2-8-23(20-9-4-3-5-10-20)26-17-21-11-6-7-12-24(21)27-18-19-13-15-22(25)16-14-19/h3-7,9-16,23,26H,2,8,17-18H2,1H3. The zero-order valence-corrected chi connectivity index (χ0v) is 16.5. The summed E-state index contributed by atoms with van der Waals surface area (Å²) in [6.07, 6.45) is 2.25. The Balaban J connectivity index is 1.65. The average molecular weight is 380 g/mol. The molecule has 1 atom stereocenters. The van der Waals surface area contributed by atoms with Crippen molar-refractivity contribution in [3.63, 3.8) is 0 Å². The van der Waals surface area contributed by atoms with Gasteiger partial charge < -0.3 is 10.1 Å². The van der Waals surface area contributed by atoms with Crippen LogP contribution in [-0.2, 0) is 13.2 Å². The third kappa shape index (κ3) is 5.85. The smallest absolute Gasteiger partial charge is 0.124 e. The highest BCUT2D eigenvalue weighted by Gasteiger charge is 2.11. The summed E-state index contributed by atoms with van der Waals surface area (Å²) in [5, 5.41) is 4.44. The van der Waals surface area contributed by atoms with Crippen molar-refractivity contribution >= 4 is 11.6 Å². The van der Waals surface area contributed by atoms with Crippen LogP contribution < -0.4 is 10.1 Å². The molecule has 1 N–H and O–H groups in total. The Hall–Kier alpha value is -2.29. The SMILES string of the molecule is CCCC(NCc1ccccc1OCc1ccc(Cl)cc1)c1ccccc1. The number of hydrogen-bond donors (Lipinski definition) is 1. The highest BCUT2D eigenvalue weighted by molar-refractivity contribution is 6.30. The predicted molar refractivity (Wildman–Crippen MR) is 113 cm³/mol. The molecule has 0 saturated carbocycles. The molecule has 0 radical (unpaired) electrons. The molecule has 0 fully saturated rings. The van der Waals surface area contributed by atoms with Gasteiger partial charge in [-0.15, -0.1) is 0 Å². The molecule has 27 heavy (non-hydrogen) atoms. The Bertz CT molecular complexity index is 817. The second kappa shape index (κ2) is 10.1. The van der Waals surface area contributed by atoms with Gasteiger partial charge in [0, 0.05) is 23.2 Å². The van der Waals surface area contributed by atoms with Gasteiger partial charge >= 0.3 is 0 Å². The summed E-state index contributed by atoms with van der Waals surface area (Å²) in [4.78, 5) is 0. The fourth-order valence-electron chi connectivity index (χ4n) is 3.13. The fourth-order valence-corrected chi connectivity index (χ4v) is 3.25. The van der Waals surface area contributed by atoms with Crippen molar-refractivity contribution in [3.8, 4) is 5.75 Å². The Kier molecular flexibility index (Phi) is 7.32. The van der Waals surface area contributed by atoms with Gasteiger partial charge in [0.05, 0.1) is 0 Å². The van der Waals surface area contributed by atoms with Crippen molar-refractivity contribution in [2.24, 2.45) is 0 Å². The Morgan fingerprint density at radius 1 is 0.889 bits per heavy atom. The molecule has 2 nitrogen and oxygen atoms in total. The molecule has 0 aromatic heterocycles. The van der Waals surface area contributed by atoms with Gasteiger partial charge in [0.1, 0.15) is 12.4 Å². The number of benzene rings is 3. The quantitative estimate of drug-likeness (QED) is 0.455. The molecule has 0 spiro atoms. The van der Waals surface area contributed by atoms with Crippen molar-refractivity contribution in [2.45, 2.75) is 39.0 Å². The van der Waals surface area contributed by atoms with Crippen LogP contribution in [-0.4, -0.2) is 0 Å². The first kappa shape index (κ1) is 19.5. The van der Waals surface area contributed by atoms with Gasteiger partial charge in [0.2, 0.25) is 0 Å². The Labute approximate surface area is 167 Å². The van der Waals surface area contributed by atoms with Gasteiger partial charge in [-0.3, -0.25) is 0 Å². The van der Waals surface area contributed by atoms with E-state index in [0.29, 0.717) is 12.6 Å². The van der Waals surface area contributed by atoms with E-state index in [0.717, 1.165) is 35.7 Å². The number of hydrogen-bond acceptors (Lipinski definition) is 2. The van der Waals surface area contributed by atoms with E-state index in [1.165, 1.54) is 11.1 Å². The van der Waals surface area contributed by atoms with Gasteiger partial charge in [-0.1, -0.05) is 85.6 Å². The maximum Gasteiger partial charge on any atom is 0.124 e. The number of ether oxygens (including phenoxy) is 1.